The minimum Gasteiger partial charge on any atom is -0.461 e. The van der Waals surface area contributed by atoms with Crippen LogP contribution in [0.1, 0.15) is 26.7 Å². The molecule has 2 aliphatic carbocycles. The number of fused-ring (bicyclic) bond motifs is 2. The molecule has 0 aromatic rings. The zero-order valence-electron chi connectivity index (χ0n) is 10.7. The highest BCUT2D eigenvalue weighted by molar-refractivity contribution is 5.80. The molecule has 4 nitrogen and oxygen atoms in total. The normalized spacial score (nSPS) is 40.0. The second kappa shape index (κ2) is 3.84. The van der Waals surface area contributed by atoms with Gasteiger partial charge in [-0.15, -0.1) is 0 Å². The topological polar surface area (TPSA) is 52.6 Å². The van der Waals surface area contributed by atoms with E-state index >= 15 is 0 Å². The Bertz CT molecular complexity index is 424. The Balaban J connectivity index is 1.65. The van der Waals surface area contributed by atoms with Crippen LogP contribution in [-0.4, -0.2) is 24.6 Å². The van der Waals surface area contributed by atoms with Gasteiger partial charge in [-0.25, -0.2) is 0 Å². The molecule has 0 radical (unpaired) electrons. The maximum atomic E-state index is 12.2. The molecule has 0 amide bonds. The van der Waals surface area contributed by atoms with Gasteiger partial charge in [-0.1, -0.05) is 12.2 Å². The lowest BCUT2D eigenvalue weighted by Crippen LogP contribution is -2.37. The summed E-state index contributed by atoms with van der Waals surface area (Å²) in [6.07, 6.45) is 5.84. The van der Waals surface area contributed by atoms with E-state index < -0.39 is 11.5 Å². The number of esters is 2. The van der Waals surface area contributed by atoms with Gasteiger partial charge < -0.3 is 9.47 Å². The van der Waals surface area contributed by atoms with Gasteiger partial charge in [-0.3, -0.25) is 9.59 Å². The van der Waals surface area contributed by atoms with Crippen LogP contribution in [0.2, 0.25) is 0 Å². The Labute approximate surface area is 106 Å². The van der Waals surface area contributed by atoms with Crippen LogP contribution in [0.4, 0.5) is 0 Å². The first-order chi connectivity index (χ1) is 8.48. The lowest BCUT2D eigenvalue weighted by Gasteiger charge is -2.24. The fraction of sp³-hybridized carbons (Fsp3) is 0.714. The predicted molar refractivity (Wildman–Crippen MR) is 63.5 cm³/mol. The standard InChI is InChI=1S/C14H18O4/c1-14(2)11(7-17-13(14)16)18-12(15)10-6-8-3-4-9(10)5-8/h3-4,8-11H,5-7H2,1-2H3. The van der Waals surface area contributed by atoms with E-state index in [0.29, 0.717) is 11.8 Å². The molecule has 1 saturated carbocycles. The first-order valence-corrected chi connectivity index (χ1v) is 6.54. The molecule has 1 saturated heterocycles. The Hall–Kier alpha value is -1.32. The highest BCUT2D eigenvalue weighted by Crippen LogP contribution is 2.44. The summed E-state index contributed by atoms with van der Waals surface area (Å²) >= 11 is 0. The van der Waals surface area contributed by atoms with Crippen molar-refractivity contribution in [3.05, 3.63) is 12.2 Å². The molecule has 1 heterocycles. The third-order valence-corrected chi connectivity index (χ3v) is 4.54. The second-order valence-electron chi connectivity index (χ2n) is 6.13. The van der Waals surface area contributed by atoms with Crippen LogP contribution in [0.3, 0.4) is 0 Å². The number of hydrogen-bond donors (Lipinski definition) is 0. The molecule has 2 fully saturated rings. The molecule has 4 atom stereocenters. The number of rotatable bonds is 2. The van der Waals surface area contributed by atoms with Gasteiger partial charge in [-0.05, 0) is 38.5 Å². The average Bonchev–Trinajstić information content (AvgIpc) is 2.99. The lowest BCUT2D eigenvalue weighted by molar-refractivity contribution is -0.159. The molecular formula is C14H18O4. The monoisotopic (exact) mass is 250 g/mol. The number of allylic oxidation sites excluding steroid dienone is 2. The Morgan fingerprint density at radius 1 is 1.39 bits per heavy atom. The maximum absolute atomic E-state index is 12.2. The summed E-state index contributed by atoms with van der Waals surface area (Å²) in [5.74, 6) is 0.411. The van der Waals surface area contributed by atoms with E-state index in [1.807, 2.05) is 0 Å². The Kier molecular flexibility index (Phi) is 2.50. The van der Waals surface area contributed by atoms with Crippen LogP contribution < -0.4 is 0 Å². The van der Waals surface area contributed by atoms with Crippen LogP contribution in [0.5, 0.6) is 0 Å². The predicted octanol–water partition coefficient (Wildman–Crippen LogP) is 1.69. The van der Waals surface area contributed by atoms with Crippen molar-refractivity contribution in [3.8, 4) is 0 Å². The van der Waals surface area contributed by atoms with Gasteiger partial charge >= 0.3 is 11.9 Å². The van der Waals surface area contributed by atoms with Crippen molar-refractivity contribution in [2.75, 3.05) is 6.61 Å². The quantitative estimate of drug-likeness (QED) is 0.553. The highest BCUT2D eigenvalue weighted by Gasteiger charge is 2.49. The van der Waals surface area contributed by atoms with E-state index in [1.165, 1.54) is 0 Å². The van der Waals surface area contributed by atoms with E-state index in [2.05, 4.69) is 12.2 Å². The third kappa shape index (κ3) is 1.66. The number of cyclic esters (lactones) is 1. The zero-order valence-corrected chi connectivity index (χ0v) is 10.7. The van der Waals surface area contributed by atoms with Gasteiger partial charge in [0, 0.05) is 0 Å². The zero-order chi connectivity index (χ0) is 12.9. The third-order valence-electron chi connectivity index (χ3n) is 4.54. The summed E-state index contributed by atoms with van der Waals surface area (Å²) in [6, 6.07) is 0. The average molecular weight is 250 g/mol. The molecule has 2 bridgehead atoms. The maximum Gasteiger partial charge on any atom is 0.315 e. The van der Waals surface area contributed by atoms with Gasteiger partial charge in [0.15, 0.2) is 6.10 Å². The van der Waals surface area contributed by atoms with Gasteiger partial charge in [-0.2, -0.15) is 0 Å². The summed E-state index contributed by atoms with van der Waals surface area (Å²) in [7, 11) is 0. The number of carbonyl (C=O) groups excluding carboxylic acids is 2. The van der Waals surface area contributed by atoms with Crippen LogP contribution in [0.25, 0.3) is 0 Å². The SMILES string of the molecule is CC1(C)C(=O)OCC1OC(=O)C1CC2C=CC1C2. The summed E-state index contributed by atoms with van der Waals surface area (Å²) in [4.78, 5) is 23.7. The molecule has 4 heteroatoms. The summed E-state index contributed by atoms with van der Waals surface area (Å²) in [5.41, 5.74) is -0.719. The Morgan fingerprint density at radius 3 is 2.67 bits per heavy atom. The lowest BCUT2D eigenvalue weighted by atomic mass is 9.88. The van der Waals surface area contributed by atoms with Gasteiger partial charge in [0.05, 0.1) is 5.92 Å². The molecule has 98 valence electrons. The van der Waals surface area contributed by atoms with E-state index in [-0.39, 0.29) is 24.5 Å². The Morgan fingerprint density at radius 2 is 2.17 bits per heavy atom. The van der Waals surface area contributed by atoms with Crippen molar-refractivity contribution < 1.29 is 19.1 Å². The van der Waals surface area contributed by atoms with Crippen molar-refractivity contribution in [1.29, 1.82) is 0 Å². The van der Waals surface area contributed by atoms with E-state index in [0.717, 1.165) is 12.8 Å². The van der Waals surface area contributed by atoms with Crippen molar-refractivity contribution in [2.45, 2.75) is 32.8 Å². The van der Waals surface area contributed by atoms with E-state index in [4.69, 9.17) is 9.47 Å². The van der Waals surface area contributed by atoms with Gasteiger partial charge in [0.1, 0.15) is 12.0 Å². The molecule has 1 aliphatic heterocycles. The molecule has 0 aromatic heterocycles. The largest absolute Gasteiger partial charge is 0.461 e. The number of carbonyl (C=O) groups is 2. The van der Waals surface area contributed by atoms with Crippen molar-refractivity contribution in [2.24, 2.45) is 23.2 Å². The van der Waals surface area contributed by atoms with Crippen LogP contribution >= 0.6 is 0 Å². The first-order valence-electron chi connectivity index (χ1n) is 6.54. The second-order valence-corrected chi connectivity index (χ2v) is 6.13. The molecule has 0 N–H and O–H groups in total. The van der Waals surface area contributed by atoms with Crippen molar-refractivity contribution in [1.82, 2.24) is 0 Å². The minimum atomic E-state index is -0.719. The highest BCUT2D eigenvalue weighted by atomic mass is 16.6. The van der Waals surface area contributed by atoms with E-state index in [9.17, 15) is 9.59 Å². The molecular weight excluding hydrogens is 232 g/mol. The molecule has 18 heavy (non-hydrogen) atoms. The fourth-order valence-corrected chi connectivity index (χ4v) is 3.14. The van der Waals surface area contributed by atoms with Crippen molar-refractivity contribution in [3.63, 3.8) is 0 Å². The summed E-state index contributed by atoms with van der Waals surface area (Å²) in [6.45, 7) is 3.72. The molecule has 0 aromatic carbocycles. The number of hydrogen-bond acceptors (Lipinski definition) is 4. The molecule has 3 rings (SSSR count). The molecule has 4 unspecified atom stereocenters. The summed E-state index contributed by atoms with van der Waals surface area (Å²) in [5, 5.41) is 0. The summed E-state index contributed by atoms with van der Waals surface area (Å²) < 4.78 is 10.5. The van der Waals surface area contributed by atoms with Gasteiger partial charge in [0.2, 0.25) is 0 Å². The number of ether oxygens (including phenoxy) is 2. The van der Waals surface area contributed by atoms with Crippen LogP contribution in [0, 0.1) is 23.2 Å². The molecule has 3 aliphatic rings. The van der Waals surface area contributed by atoms with Gasteiger partial charge in [0.25, 0.3) is 0 Å². The van der Waals surface area contributed by atoms with Crippen LogP contribution in [0.15, 0.2) is 12.2 Å². The smallest absolute Gasteiger partial charge is 0.315 e. The van der Waals surface area contributed by atoms with E-state index in [1.54, 1.807) is 13.8 Å². The minimum absolute atomic E-state index is 0.0218. The molecule has 0 spiro atoms. The van der Waals surface area contributed by atoms with Crippen molar-refractivity contribution >= 4 is 11.9 Å². The first kappa shape index (κ1) is 11.8. The van der Waals surface area contributed by atoms with Crippen LogP contribution in [-0.2, 0) is 19.1 Å². The fourth-order valence-electron chi connectivity index (χ4n) is 3.14.